The molecule has 4 aromatic rings. The van der Waals surface area contributed by atoms with Crippen LogP contribution in [0.1, 0.15) is 30.5 Å². The lowest BCUT2D eigenvalue weighted by Gasteiger charge is -2.22. The SMILES string of the molecule is Cc1ccccc1N=C(CNc1ncnc(N)c1C(=N)c1ccc(OC(C)C)c(F)c1F)N(C=O)c1ccccc1. The monoisotopic (exact) mass is 557 g/mol. The van der Waals surface area contributed by atoms with Gasteiger partial charge in [-0.2, -0.15) is 4.39 Å². The lowest BCUT2D eigenvalue weighted by atomic mass is 10.0. The van der Waals surface area contributed by atoms with E-state index in [0.29, 0.717) is 23.6 Å². The van der Waals surface area contributed by atoms with Gasteiger partial charge in [0.1, 0.15) is 23.8 Å². The summed E-state index contributed by atoms with van der Waals surface area (Å²) in [6.45, 7) is 5.23. The summed E-state index contributed by atoms with van der Waals surface area (Å²) in [4.78, 5) is 26.5. The van der Waals surface area contributed by atoms with Gasteiger partial charge in [-0.15, -0.1) is 0 Å². The number of carbonyl (C=O) groups is 1. The zero-order chi connectivity index (χ0) is 29.5. The van der Waals surface area contributed by atoms with Gasteiger partial charge in [0.25, 0.3) is 0 Å². The number of nitrogens with zero attached hydrogens (tertiary/aromatic N) is 4. The third kappa shape index (κ3) is 6.52. The predicted molar refractivity (Wildman–Crippen MR) is 156 cm³/mol. The van der Waals surface area contributed by atoms with Crippen molar-refractivity contribution < 1.29 is 18.3 Å². The van der Waals surface area contributed by atoms with Gasteiger partial charge in [-0.05, 0) is 56.7 Å². The van der Waals surface area contributed by atoms with Crippen molar-refractivity contribution in [1.82, 2.24) is 9.97 Å². The fourth-order valence-corrected chi connectivity index (χ4v) is 4.01. The Morgan fingerprint density at radius 2 is 1.78 bits per heavy atom. The number of aromatic nitrogens is 2. The third-order valence-corrected chi connectivity index (χ3v) is 6.00. The van der Waals surface area contributed by atoms with E-state index in [0.717, 1.165) is 5.56 Å². The van der Waals surface area contributed by atoms with Gasteiger partial charge in [0, 0.05) is 11.3 Å². The van der Waals surface area contributed by atoms with E-state index in [9.17, 15) is 9.18 Å². The summed E-state index contributed by atoms with van der Waals surface area (Å²) < 4.78 is 35.1. The van der Waals surface area contributed by atoms with Crippen molar-refractivity contribution in [2.45, 2.75) is 26.9 Å². The Hall–Kier alpha value is -5.19. The Morgan fingerprint density at radius 1 is 1.07 bits per heavy atom. The van der Waals surface area contributed by atoms with E-state index in [1.807, 2.05) is 37.3 Å². The summed E-state index contributed by atoms with van der Waals surface area (Å²) in [5.74, 6) is -2.49. The minimum Gasteiger partial charge on any atom is -0.488 e. The molecule has 1 heterocycles. The molecule has 0 radical (unpaired) electrons. The first-order valence-corrected chi connectivity index (χ1v) is 12.7. The van der Waals surface area contributed by atoms with Crippen LogP contribution in [0.5, 0.6) is 5.75 Å². The summed E-state index contributed by atoms with van der Waals surface area (Å²) in [5, 5.41) is 11.8. The number of aryl methyl sites for hydroxylation is 1. The minimum absolute atomic E-state index is 0.0449. The van der Waals surface area contributed by atoms with Crippen molar-refractivity contribution in [2.75, 3.05) is 22.5 Å². The van der Waals surface area contributed by atoms with E-state index < -0.39 is 17.3 Å². The molecule has 210 valence electrons. The van der Waals surface area contributed by atoms with E-state index >= 15 is 4.39 Å². The van der Waals surface area contributed by atoms with Crippen LogP contribution in [0, 0.1) is 24.0 Å². The van der Waals surface area contributed by atoms with Crippen LogP contribution in [-0.2, 0) is 4.79 Å². The number of nitrogens with two attached hydrogens (primary N) is 1. The number of nitrogen functional groups attached to an aromatic ring is 1. The Morgan fingerprint density at radius 3 is 2.46 bits per heavy atom. The predicted octanol–water partition coefficient (Wildman–Crippen LogP) is 5.65. The quantitative estimate of drug-likeness (QED) is 0.131. The number of para-hydroxylation sites is 2. The molecule has 4 rings (SSSR count). The molecular formula is C30H29F2N7O2. The number of ether oxygens (including phenoxy) is 1. The number of hydrogen-bond donors (Lipinski definition) is 3. The molecule has 0 unspecified atom stereocenters. The number of halogens is 2. The second-order valence-corrected chi connectivity index (χ2v) is 9.24. The largest absolute Gasteiger partial charge is 0.488 e. The van der Waals surface area contributed by atoms with Gasteiger partial charge < -0.3 is 15.8 Å². The molecular weight excluding hydrogens is 528 g/mol. The average Bonchev–Trinajstić information content (AvgIpc) is 2.96. The molecule has 0 aliphatic rings. The molecule has 0 spiro atoms. The van der Waals surface area contributed by atoms with Crippen LogP contribution in [0.15, 0.2) is 78.0 Å². The number of aliphatic imine (C=N–C) groups is 1. The van der Waals surface area contributed by atoms with Crippen LogP contribution in [0.25, 0.3) is 0 Å². The van der Waals surface area contributed by atoms with Crippen LogP contribution in [0.3, 0.4) is 0 Å². The van der Waals surface area contributed by atoms with Gasteiger partial charge in [-0.25, -0.2) is 19.4 Å². The van der Waals surface area contributed by atoms with Crippen molar-refractivity contribution in [1.29, 1.82) is 5.41 Å². The first kappa shape index (κ1) is 28.8. The highest BCUT2D eigenvalue weighted by atomic mass is 19.2. The highest BCUT2D eigenvalue weighted by Crippen LogP contribution is 2.28. The van der Waals surface area contributed by atoms with E-state index in [1.54, 1.807) is 38.1 Å². The molecule has 1 aromatic heterocycles. The minimum atomic E-state index is -1.26. The number of nitrogens with one attached hydrogen (secondary N) is 2. The zero-order valence-electron chi connectivity index (χ0n) is 22.7. The van der Waals surface area contributed by atoms with Crippen molar-refractivity contribution in [2.24, 2.45) is 4.99 Å². The summed E-state index contributed by atoms with van der Waals surface area (Å²) in [6, 6.07) is 18.9. The second-order valence-electron chi connectivity index (χ2n) is 9.24. The van der Waals surface area contributed by atoms with Gasteiger partial charge in [-0.3, -0.25) is 15.1 Å². The molecule has 0 aliphatic heterocycles. The maximum atomic E-state index is 15.1. The van der Waals surface area contributed by atoms with Crippen molar-refractivity contribution in [3.8, 4) is 5.75 Å². The highest BCUT2D eigenvalue weighted by molar-refractivity contribution is 6.17. The van der Waals surface area contributed by atoms with E-state index in [1.165, 1.54) is 23.4 Å². The molecule has 1 amide bonds. The first-order valence-electron chi connectivity index (χ1n) is 12.7. The number of amidine groups is 1. The summed E-state index contributed by atoms with van der Waals surface area (Å²) in [7, 11) is 0. The number of amides is 1. The van der Waals surface area contributed by atoms with Crippen molar-refractivity contribution in [3.05, 3.63) is 101 Å². The summed E-state index contributed by atoms with van der Waals surface area (Å²) in [5.41, 5.74) is 7.37. The Bertz CT molecular complexity index is 1590. The van der Waals surface area contributed by atoms with Crippen LogP contribution >= 0.6 is 0 Å². The Labute approximate surface area is 236 Å². The Balaban J connectivity index is 1.72. The standard InChI is InChI=1S/C30H29F2N7O2/c1-18(2)41-23-14-13-21(26(31)27(23)32)28(33)25-29(34)36-16-37-30(25)35-15-24(38-22-12-8-7-9-19(22)3)39(17-40)20-10-5-4-6-11-20/h4-14,16-18,33H,15H2,1-3H3,(H3,34,35,36,37). The maximum absolute atomic E-state index is 15.1. The number of benzene rings is 3. The molecule has 0 bridgehead atoms. The number of rotatable bonds is 10. The molecule has 0 saturated carbocycles. The van der Waals surface area contributed by atoms with Crippen LogP contribution in [0.2, 0.25) is 0 Å². The molecule has 4 N–H and O–H groups in total. The molecule has 41 heavy (non-hydrogen) atoms. The van der Waals surface area contributed by atoms with Crippen LogP contribution < -0.4 is 20.7 Å². The zero-order valence-corrected chi connectivity index (χ0v) is 22.7. The summed E-state index contributed by atoms with van der Waals surface area (Å²) in [6.07, 6.45) is 1.45. The van der Waals surface area contributed by atoms with Gasteiger partial charge in [0.15, 0.2) is 11.6 Å². The average molecular weight is 558 g/mol. The molecule has 0 aliphatic carbocycles. The van der Waals surface area contributed by atoms with E-state index in [4.69, 9.17) is 20.9 Å². The smallest absolute Gasteiger partial charge is 0.219 e. The molecule has 0 saturated heterocycles. The molecule has 0 fully saturated rings. The number of carbonyl (C=O) groups excluding carboxylic acids is 1. The second kappa shape index (κ2) is 12.8. The lowest BCUT2D eigenvalue weighted by Crippen LogP contribution is -2.35. The third-order valence-electron chi connectivity index (χ3n) is 6.00. The van der Waals surface area contributed by atoms with Gasteiger partial charge in [0.05, 0.1) is 29.6 Å². The molecule has 11 heteroatoms. The van der Waals surface area contributed by atoms with Crippen LogP contribution in [0.4, 0.5) is 31.8 Å². The molecule has 3 aromatic carbocycles. The van der Waals surface area contributed by atoms with Gasteiger partial charge in [-0.1, -0.05) is 36.4 Å². The van der Waals surface area contributed by atoms with Crippen LogP contribution in [-0.4, -0.2) is 40.6 Å². The summed E-state index contributed by atoms with van der Waals surface area (Å²) >= 11 is 0. The van der Waals surface area contributed by atoms with Crippen molar-refractivity contribution in [3.63, 3.8) is 0 Å². The molecule has 0 atom stereocenters. The fraction of sp³-hybridized carbons (Fsp3) is 0.167. The number of hydrogen-bond acceptors (Lipinski definition) is 8. The number of anilines is 3. The maximum Gasteiger partial charge on any atom is 0.219 e. The fourth-order valence-electron chi connectivity index (χ4n) is 4.01. The van der Waals surface area contributed by atoms with E-state index in [-0.39, 0.29) is 41.2 Å². The highest BCUT2D eigenvalue weighted by Gasteiger charge is 2.24. The van der Waals surface area contributed by atoms with Gasteiger partial charge >= 0.3 is 0 Å². The van der Waals surface area contributed by atoms with Gasteiger partial charge in [0.2, 0.25) is 12.2 Å². The van der Waals surface area contributed by atoms with E-state index in [2.05, 4.69) is 15.3 Å². The van der Waals surface area contributed by atoms with Crippen molar-refractivity contribution >= 4 is 41.0 Å². The lowest BCUT2D eigenvalue weighted by molar-refractivity contribution is -0.106. The molecule has 9 nitrogen and oxygen atoms in total. The normalized spacial score (nSPS) is 11.3. The first-order chi connectivity index (χ1) is 19.7. The Kier molecular flexibility index (Phi) is 8.98. The topological polar surface area (TPSA) is 130 Å².